The molecule has 2 heterocycles. The number of likely N-dealkylation sites (N-methyl/N-ethyl adjacent to an activating group) is 1. The number of aromatic amines is 1. The third kappa shape index (κ3) is 3.55. The average Bonchev–Trinajstić information content (AvgIpc) is 3.10. The van der Waals surface area contributed by atoms with Gasteiger partial charge in [0.2, 0.25) is 5.75 Å². The minimum Gasteiger partial charge on any atom is -0.504 e. The summed E-state index contributed by atoms with van der Waals surface area (Å²) in [5.41, 5.74) is 3.43. The maximum atomic E-state index is 12.3. The van der Waals surface area contributed by atoms with Crippen LogP contribution in [0.4, 0.5) is 10.5 Å². The first kappa shape index (κ1) is 19.3. The fourth-order valence-corrected chi connectivity index (χ4v) is 4.35. The number of hydrogen-bond acceptors (Lipinski definition) is 6. The molecule has 1 fully saturated rings. The van der Waals surface area contributed by atoms with Crippen LogP contribution < -0.4 is 15.2 Å². The van der Waals surface area contributed by atoms with Crippen molar-refractivity contribution in [3.8, 4) is 22.8 Å². The molecule has 8 nitrogen and oxygen atoms in total. The summed E-state index contributed by atoms with van der Waals surface area (Å²) in [6, 6.07) is 6.73. The van der Waals surface area contributed by atoms with E-state index in [9.17, 15) is 14.7 Å². The van der Waals surface area contributed by atoms with E-state index >= 15 is 0 Å². The number of pyridine rings is 1. The molecule has 0 spiro atoms. The van der Waals surface area contributed by atoms with E-state index in [0.717, 1.165) is 49.2 Å². The molecule has 1 aromatic carbocycles. The molecule has 1 aliphatic carbocycles. The molecule has 3 N–H and O–H groups in total. The van der Waals surface area contributed by atoms with E-state index in [2.05, 4.69) is 39.7 Å². The molecule has 1 aliphatic heterocycles. The van der Waals surface area contributed by atoms with Crippen LogP contribution in [0.15, 0.2) is 23.0 Å². The number of H-pyrrole nitrogens is 1. The Labute approximate surface area is 168 Å². The summed E-state index contributed by atoms with van der Waals surface area (Å²) < 4.78 is 4.50. The van der Waals surface area contributed by atoms with E-state index < -0.39 is 23.2 Å². The highest BCUT2D eigenvalue weighted by molar-refractivity contribution is 5.75. The van der Waals surface area contributed by atoms with Crippen molar-refractivity contribution in [3.05, 3.63) is 39.7 Å². The Bertz CT molecular complexity index is 1010. The second-order valence-corrected chi connectivity index (χ2v) is 7.90. The lowest BCUT2D eigenvalue weighted by Crippen LogP contribution is -2.31. The van der Waals surface area contributed by atoms with Crippen molar-refractivity contribution in [3.63, 3.8) is 0 Å². The molecule has 2 aromatic rings. The van der Waals surface area contributed by atoms with Crippen molar-refractivity contribution < 1.29 is 19.7 Å². The topological polar surface area (TPSA) is 106 Å². The first-order chi connectivity index (χ1) is 13.8. The van der Waals surface area contributed by atoms with Crippen LogP contribution in [0.25, 0.3) is 11.3 Å². The number of carbonyl (C=O) groups is 1. The van der Waals surface area contributed by atoms with Gasteiger partial charge in [0, 0.05) is 35.9 Å². The first-order valence-corrected chi connectivity index (χ1v) is 9.78. The van der Waals surface area contributed by atoms with Crippen molar-refractivity contribution in [1.82, 2.24) is 9.88 Å². The lowest BCUT2D eigenvalue weighted by Gasteiger charge is -2.23. The molecule has 0 radical (unpaired) electrons. The van der Waals surface area contributed by atoms with Gasteiger partial charge >= 0.3 is 6.16 Å². The quantitative estimate of drug-likeness (QED) is 0.681. The summed E-state index contributed by atoms with van der Waals surface area (Å²) in [7, 11) is 4.21. The Morgan fingerprint density at radius 2 is 2.10 bits per heavy atom. The highest BCUT2D eigenvalue weighted by Gasteiger charge is 2.27. The fraction of sp³-hybridized carbons (Fsp3) is 0.429. The van der Waals surface area contributed by atoms with Crippen molar-refractivity contribution >= 4 is 11.8 Å². The molecule has 1 unspecified atom stereocenters. The summed E-state index contributed by atoms with van der Waals surface area (Å²) in [5, 5.41) is 19.3. The Hall–Kier alpha value is -3.00. The Balaban J connectivity index is 1.73. The maximum absolute atomic E-state index is 12.3. The number of benzene rings is 1. The highest BCUT2D eigenvalue weighted by Crippen LogP contribution is 2.39. The summed E-state index contributed by atoms with van der Waals surface area (Å²) in [6.07, 6.45) is 1.59. The highest BCUT2D eigenvalue weighted by atomic mass is 16.7. The van der Waals surface area contributed by atoms with E-state index in [-0.39, 0.29) is 0 Å². The first-order valence-electron chi connectivity index (χ1n) is 9.78. The molecule has 0 bridgehead atoms. The van der Waals surface area contributed by atoms with Gasteiger partial charge in [-0.1, -0.05) is 6.07 Å². The van der Waals surface area contributed by atoms with Crippen LogP contribution in [0.3, 0.4) is 0 Å². The predicted molar refractivity (Wildman–Crippen MR) is 109 cm³/mol. The van der Waals surface area contributed by atoms with Gasteiger partial charge in [0.25, 0.3) is 5.56 Å². The number of carboxylic acid groups (broad SMARTS) is 1. The van der Waals surface area contributed by atoms with Crippen molar-refractivity contribution in [2.24, 2.45) is 0 Å². The Kier molecular flexibility index (Phi) is 4.96. The molecule has 4 rings (SSSR count). The normalized spacial score (nSPS) is 18.3. The monoisotopic (exact) mass is 399 g/mol. The SMILES string of the molecule is CN(C)C1CCN(c2ccc3c(c2)CCCc2c-3[nH]c(=O)c(OC(=O)O)c2O)C1. The lowest BCUT2D eigenvalue weighted by atomic mass is 10.00. The second-order valence-electron chi connectivity index (χ2n) is 7.90. The predicted octanol–water partition coefficient (Wildman–Crippen LogP) is 2.43. The van der Waals surface area contributed by atoms with Crippen LogP contribution in [-0.2, 0) is 12.8 Å². The van der Waals surface area contributed by atoms with Crippen LogP contribution >= 0.6 is 0 Å². The number of rotatable bonds is 3. The number of nitrogens with zero attached hydrogens (tertiary/aromatic N) is 2. The standard InChI is InChI=1S/C21H25N3O5/c1-23(2)14-8-9-24(11-14)13-6-7-15-12(10-13)4-3-5-16-17(15)22-20(26)19(18(16)25)29-21(27)28/h6-7,10,14H,3-5,8-9,11H2,1-2H3,(H,27,28)(H2,22,25,26). The van der Waals surface area contributed by atoms with Crippen LogP contribution in [0, 0.1) is 0 Å². The smallest absolute Gasteiger partial charge is 0.504 e. The van der Waals surface area contributed by atoms with Gasteiger partial charge in [-0.2, -0.15) is 0 Å². The number of aromatic hydroxyl groups is 1. The van der Waals surface area contributed by atoms with Gasteiger partial charge in [-0.25, -0.2) is 4.79 Å². The average molecular weight is 399 g/mol. The number of aryl methyl sites for hydroxylation is 1. The molecule has 8 heteroatoms. The van der Waals surface area contributed by atoms with Crippen LogP contribution in [0.1, 0.15) is 24.0 Å². The number of ether oxygens (including phenoxy) is 1. The molecule has 0 amide bonds. The third-order valence-corrected chi connectivity index (χ3v) is 5.93. The van der Waals surface area contributed by atoms with Gasteiger partial charge in [0.15, 0.2) is 5.75 Å². The van der Waals surface area contributed by atoms with Crippen molar-refractivity contribution in [2.45, 2.75) is 31.7 Å². The third-order valence-electron chi connectivity index (χ3n) is 5.93. The van der Waals surface area contributed by atoms with Crippen molar-refractivity contribution in [1.29, 1.82) is 0 Å². The van der Waals surface area contributed by atoms with Gasteiger partial charge in [-0.3, -0.25) is 4.79 Å². The largest absolute Gasteiger partial charge is 0.511 e. The number of nitrogens with one attached hydrogen (secondary N) is 1. The molecular formula is C21H25N3O5. The molecule has 1 atom stereocenters. The molecule has 154 valence electrons. The molecule has 2 aliphatic rings. The molecular weight excluding hydrogens is 374 g/mol. The zero-order valence-electron chi connectivity index (χ0n) is 16.6. The van der Waals surface area contributed by atoms with E-state index in [4.69, 9.17) is 5.11 Å². The summed E-state index contributed by atoms with van der Waals surface area (Å²) in [5.74, 6) is -0.959. The molecule has 1 aromatic heterocycles. The number of anilines is 1. The van der Waals surface area contributed by atoms with Gasteiger partial charge < -0.3 is 29.7 Å². The Morgan fingerprint density at radius 3 is 2.79 bits per heavy atom. The van der Waals surface area contributed by atoms with Gasteiger partial charge in [0.1, 0.15) is 0 Å². The summed E-state index contributed by atoms with van der Waals surface area (Å²) in [4.78, 5) is 30.5. The van der Waals surface area contributed by atoms with Gasteiger partial charge in [-0.05, 0) is 57.5 Å². The second kappa shape index (κ2) is 7.44. The van der Waals surface area contributed by atoms with Gasteiger partial charge in [-0.15, -0.1) is 0 Å². The zero-order chi connectivity index (χ0) is 20.7. The number of aromatic nitrogens is 1. The van der Waals surface area contributed by atoms with E-state index in [1.807, 2.05) is 12.1 Å². The van der Waals surface area contributed by atoms with Crippen LogP contribution in [0.5, 0.6) is 11.5 Å². The fourth-order valence-electron chi connectivity index (χ4n) is 4.35. The summed E-state index contributed by atoms with van der Waals surface area (Å²) in [6.45, 7) is 1.99. The molecule has 0 saturated carbocycles. The zero-order valence-corrected chi connectivity index (χ0v) is 16.6. The van der Waals surface area contributed by atoms with E-state index in [0.29, 0.717) is 23.7 Å². The van der Waals surface area contributed by atoms with Crippen LogP contribution in [0.2, 0.25) is 0 Å². The maximum Gasteiger partial charge on any atom is 0.511 e. The van der Waals surface area contributed by atoms with E-state index in [1.165, 1.54) is 0 Å². The molecule has 1 saturated heterocycles. The number of fused-ring (bicyclic) bond motifs is 3. The minimum absolute atomic E-state index is 0.392. The lowest BCUT2D eigenvalue weighted by molar-refractivity contribution is 0.142. The van der Waals surface area contributed by atoms with Crippen LogP contribution in [-0.4, -0.2) is 59.5 Å². The Morgan fingerprint density at radius 1 is 1.31 bits per heavy atom. The van der Waals surface area contributed by atoms with E-state index in [1.54, 1.807) is 0 Å². The minimum atomic E-state index is -1.63. The summed E-state index contributed by atoms with van der Waals surface area (Å²) >= 11 is 0. The van der Waals surface area contributed by atoms with Gasteiger partial charge in [0.05, 0.1) is 5.69 Å². The molecule has 29 heavy (non-hydrogen) atoms. The van der Waals surface area contributed by atoms with Crippen molar-refractivity contribution in [2.75, 3.05) is 32.1 Å². The number of hydrogen-bond donors (Lipinski definition) is 3.